The molecular formula is C17H11Cl2FN2O2S2. The highest BCUT2D eigenvalue weighted by Crippen LogP contribution is 2.29. The molecule has 0 unspecified atom stereocenters. The zero-order chi connectivity index (χ0) is 18.7. The van der Waals surface area contributed by atoms with Gasteiger partial charge in [0, 0.05) is 16.0 Å². The zero-order valence-corrected chi connectivity index (χ0v) is 16.2. The standard InChI is InChI=1S/C17H11Cl2FN2O2S2/c18-11-3-6-15(13(19)7-11)24-8-16(23)22-14(9-26-17(25)21-22)10-1-4-12(20)5-2-10/h1-7,9H,8H2,(H,21,25). The number of carbonyl (C=O) groups excluding carboxylic acids is 1. The Morgan fingerprint density at radius 1 is 1.23 bits per heavy atom. The molecule has 0 fully saturated rings. The van der Waals surface area contributed by atoms with E-state index in [4.69, 9.17) is 40.2 Å². The molecule has 26 heavy (non-hydrogen) atoms. The predicted octanol–water partition coefficient (Wildman–Crippen LogP) is 4.87. The first kappa shape index (κ1) is 19.0. The molecule has 2 aromatic carbocycles. The Morgan fingerprint density at radius 3 is 2.65 bits per heavy atom. The van der Waals surface area contributed by atoms with Crippen LogP contribution in [0.1, 0.15) is 5.56 Å². The van der Waals surface area contributed by atoms with Crippen molar-refractivity contribution < 1.29 is 13.9 Å². The van der Waals surface area contributed by atoms with Gasteiger partial charge in [0.1, 0.15) is 11.6 Å². The van der Waals surface area contributed by atoms with Gasteiger partial charge in [-0.1, -0.05) is 47.2 Å². The van der Waals surface area contributed by atoms with E-state index in [1.54, 1.807) is 29.7 Å². The fourth-order valence-electron chi connectivity index (χ4n) is 2.15. The number of hydrazine groups is 1. The van der Waals surface area contributed by atoms with E-state index < -0.39 is 5.91 Å². The van der Waals surface area contributed by atoms with Crippen molar-refractivity contribution in [1.82, 2.24) is 10.4 Å². The molecule has 0 bridgehead atoms. The lowest BCUT2D eigenvalue weighted by Crippen LogP contribution is -2.47. The van der Waals surface area contributed by atoms with E-state index in [2.05, 4.69) is 5.43 Å². The van der Waals surface area contributed by atoms with Gasteiger partial charge in [-0.3, -0.25) is 10.2 Å². The number of benzene rings is 2. The molecule has 3 rings (SSSR count). The Balaban J connectivity index is 1.77. The first-order valence-corrected chi connectivity index (χ1v) is 9.32. The van der Waals surface area contributed by atoms with Gasteiger partial charge in [0.15, 0.2) is 10.9 Å². The van der Waals surface area contributed by atoms with Gasteiger partial charge in [-0.05, 0) is 42.5 Å². The highest BCUT2D eigenvalue weighted by atomic mass is 35.5. The van der Waals surface area contributed by atoms with Crippen LogP contribution in [0.15, 0.2) is 47.9 Å². The molecule has 0 aliphatic carbocycles. The monoisotopic (exact) mass is 428 g/mol. The van der Waals surface area contributed by atoms with Gasteiger partial charge >= 0.3 is 0 Å². The van der Waals surface area contributed by atoms with Crippen molar-refractivity contribution in [2.75, 3.05) is 6.61 Å². The van der Waals surface area contributed by atoms with Crippen molar-refractivity contribution in [3.8, 4) is 5.75 Å². The summed E-state index contributed by atoms with van der Waals surface area (Å²) < 4.78 is 19.1. The third-order valence-corrected chi connectivity index (χ3v) is 4.91. The Kier molecular flexibility index (Phi) is 6.03. The Bertz CT molecular complexity index is 891. The van der Waals surface area contributed by atoms with Crippen molar-refractivity contribution in [2.24, 2.45) is 0 Å². The quantitative estimate of drug-likeness (QED) is 0.703. The topological polar surface area (TPSA) is 41.6 Å². The highest BCUT2D eigenvalue weighted by Gasteiger charge is 2.25. The average Bonchev–Trinajstić information content (AvgIpc) is 2.61. The number of hydrogen-bond acceptors (Lipinski definition) is 4. The molecule has 0 spiro atoms. The number of thioether (sulfide) groups is 1. The van der Waals surface area contributed by atoms with Gasteiger partial charge < -0.3 is 4.74 Å². The van der Waals surface area contributed by atoms with Crippen LogP contribution < -0.4 is 10.2 Å². The summed E-state index contributed by atoms with van der Waals surface area (Å²) in [5.74, 6) is -0.417. The number of rotatable bonds is 4. The maximum Gasteiger partial charge on any atom is 0.283 e. The molecule has 0 saturated carbocycles. The van der Waals surface area contributed by atoms with Crippen LogP contribution in [0.2, 0.25) is 10.0 Å². The van der Waals surface area contributed by atoms with Gasteiger partial charge in [-0.25, -0.2) is 9.40 Å². The van der Waals surface area contributed by atoms with E-state index in [0.29, 0.717) is 31.4 Å². The SMILES string of the molecule is O=C(COc1ccc(Cl)cc1Cl)N1NC(=S)SC=C1c1ccc(F)cc1. The molecule has 2 aromatic rings. The molecule has 0 saturated heterocycles. The van der Waals surface area contributed by atoms with Crippen molar-refractivity contribution in [3.63, 3.8) is 0 Å². The van der Waals surface area contributed by atoms with E-state index in [9.17, 15) is 9.18 Å². The van der Waals surface area contributed by atoms with Gasteiger partial charge in [0.25, 0.3) is 5.91 Å². The number of ether oxygens (including phenoxy) is 1. The number of hydrogen-bond donors (Lipinski definition) is 1. The lowest BCUT2D eigenvalue weighted by molar-refractivity contribution is -0.131. The molecule has 134 valence electrons. The van der Waals surface area contributed by atoms with Crippen LogP contribution in [0.4, 0.5) is 4.39 Å². The van der Waals surface area contributed by atoms with Crippen LogP contribution >= 0.6 is 47.2 Å². The number of halogens is 3. The van der Waals surface area contributed by atoms with Crippen molar-refractivity contribution in [2.45, 2.75) is 0 Å². The van der Waals surface area contributed by atoms with E-state index in [1.165, 1.54) is 35.0 Å². The maximum atomic E-state index is 13.2. The predicted molar refractivity (Wildman–Crippen MR) is 107 cm³/mol. The molecule has 9 heteroatoms. The second-order valence-electron chi connectivity index (χ2n) is 5.12. The fourth-order valence-corrected chi connectivity index (χ4v) is 3.45. The minimum Gasteiger partial charge on any atom is -0.482 e. The Hall–Kier alpha value is -1.80. The molecule has 1 aliphatic rings. The molecule has 1 heterocycles. The number of carbonyl (C=O) groups is 1. The van der Waals surface area contributed by atoms with E-state index >= 15 is 0 Å². The maximum absolute atomic E-state index is 13.2. The first-order chi connectivity index (χ1) is 12.4. The molecule has 4 nitrogen and oxygen atoms in total. The normalized spacial score (nSPS) is 13.9. The van der Waals surface area contributed by atoms with Crippen LogP contribution in [0.25, 0.3) is 5.70 Å². The lowest BCUT2D eigenvalue weighted by Gasteiger charge is -2.30. The van der Waals surface area contributed by atoms with Gasteiger partial charge in [-0.2, -0.15) is 0 Å². The minimum atomic E-state index is -0.394. The van der Waals surface area contributed by atoms with Gasteiger partial charge in [0.05, 0.1) is 10.7 Å². The minimum absolute atomic E-state index is 0.278. The Morgan fingerprint density at radius 2 is 1.96 bits per heavy atom. The largest absolute Gasteiger partial charge is 0.482 e. The van der Waals surface area contributed by atoms with E-state index in [1.807, 2.05) is 0 Å². The molecule has 1 aliphatic heterocycles. The van der Waals surface area contributed by atoms with Crippen molar-refractivity contribution in [3.05, 3.63) is 69.3 Å². The molecule has 0 aromatic heterocycles. The van der Waals surface area contributed by atoms with Crippen LogP contribution in [-0.4, -0.2) is 21.8 Å². The van der Waals surface area contributed by atoms with Crippen molar-refractivity contribution in [1.29, 1.82) is 0 Å². The smallest absolute Gasteiger partial charge is 0.283 e. The number of amides is 1. The lowest BCUT2D eigenvalue weighted by atomic mass is 10.1. The molecule has 0 atom stereocenters. The van der Waals surface area contributed by atoms with Crippen LogP contribution in [0.3, 0.4) is 0 Å². The van der Waals surface area contributed by atoms with Crippen molar-refractivity contribution >= 4 is 63.1 Å². The fraction of sp³-hybridized carbons (Fsp3) is 0.0588. The second-order valence-corrected chi connectivity index (χ2v) is 7.51. The second kappa shape index (κ2) is 8.26. The number of nitrogens with one attached hydrogen (secondary N) is 1. The molecule has 0 radical (unpaired) electrons. The zero-order valence-electron chi connectivity index (χ0n) is 13.0. The third-order valence-electron chi connectivity index (χ3n) is 3.36. The van der Waals surface area contributed by atoms with Crippen LogP contribution in [-0.2, 0) is 4.79 Å². The average molecular weight is 429 g/mol. The number of thiocarbonyl (C=S) groups is 1. The molecule has 1 N–H and O–H groups in total. The third kappa shape index (κ3) is 4.48. The molecule has 1 amide bonds. The summed E-state index contributed by atoms with van der Waals surface area (Å²) in [4.78, 5) is 12.6. The van der Waals surface area contributed by atoms with Gasteiger partial charge in [0.2, 0.25) is 0 Å². The number of nitrogens with zero attached hydrogens (tertiary/aromatic N) is 1. The summed E-state index contributed by atoms with van der Waals surface area (Å²) >= 11 is 18.3. The van der Waals surface area contributed by atoms with Crippen LogP contribution in [0, 0.1) is 5.82 Å². The van der Waals surface area contributed by atoms with E-state index in [-0.39, 0.29) is 12.4 Å². The summed E-state index contributed by atoms with van der Waals surface area (Å²) in [6, 6.07) is 10.5. The Labute approximate surface area is 168 Å². The van der Waals surface area contributed by atoms with Crippen LogP contribution in [0.5, 0.6) is 5.75 Å². The first-order valence-electron chi connectivity index (χ1n) is 7.28. The highest BCUT2D eigenvalue weighted by molar-refractivity contribution is 8.25. The summed E-state index contributed by atoms with van der Waals surface area (Å²) in [5.41, 5.74) is 4.02. The summed E-state index contributed by atoms with van der Waals surface area (Å²) in [6.07, 6.45) is 0. The summed E-state index contributed by atoms with van der Waals surface area (Å²) in [7, 11) is 0. The molecular weight excluding hydrogens is 418 g/mol. The van der Waals surface area contributed by atoms with Gasteiger partial charge in [-0.15, -0.1) is 0 Å². The summed E-state index contributed by atoms with van der Waals surface area (Å²) in [5, 5.41) is 3.77. The summed E-state index contributed by atoms with van der Waals surface area (Å²) in [6.45, 7) is -0.278. The van der Waals surface area contributed by atoms with E-state index in [0.717, 1.165) is 0 Å².